The molecule has 29 heavy (non-hydrogen) atoms. The number of carbonyl (C=O) groups excluding carboxylic acids is 1. The Bertz CT molecular complexity index is 1070. The van der Waals surface area contributed by atoms with Crippen LogP contribution >= 0.6 is 34.8 Å². The summed E-state index contributed by atoms with van der Waals surface area (Å²) in [5, 5.41) is 12.6. The van der Waals surface area contributed by atoms with Crippen molar-refractivity contribution in [1.29, 1.82) is 0 Å². The molecule has 0 radical (unpaired) electrons. The maximum Gasteiger partial charge on any atom is 0.307 e. The lowest BCUT2D eigenvalue weighted by molar-refractivity contribution is -0.136. The van der Waals surface area contributed by atoms with E-state index in [1.54, 1.807) is 54.6 Å². The van der Waals surface area contributed by atoms with Crippen molar-refractivity contribution in [3.8, 4) is 11.5 Å². The van der Waals surface area contributed by atoms with Gasteiger partial charge >= 0.3 is 5.97 Å². The summed E-state index contributed by atoms with van der Waals surface area (Å²) < 4.78 is 5.72. The highest BCUT2D eigenvalue weighted by molar-refractivity contribution is 6.42. The highest BCUT2D eigenvalue weighted by Gasteiger charge is 2.10. The molecule has 0 aliphatic rings. The zero-order valence-corrected chi connectivity index (χ0v) is 17.1. The molecule has 0 aliphatic heterocycles. The number of carboxylic acid groups (broad SMARTS) is 1. The van der Waals surface area contributed by atoms with Crippen molar-refractivity contribution in [3.63, 3.8) is 0 Å². The van der Waals surface area contributed by atoms with Crippen LogP contribution in [0.15, 0.2) is 60.7 Å². The summed E-state index contributed by atoms with van der Waals surface area (Å²) in [5.74, 6) is -0.360. The molecule has 0 saturated heterocycles. The van der Waals surface area contributed by atoms with E-state index in [-0.39, 0.29) is 12.3 Å². The van der Waals surface area contributed by atoms with E-state index < -0.39 is 5.97 Å². The standard InChI is InChI=1S/C21H14Cl3NO4/c22-16-7-2-13(11-17(16)23)21(28)25-14-3-5-15(6-4-14)29-19-8-1-12(9-18(19)24)10-20(26)27/h1-9,11H,10H2,(H,25,28)(H,26,27). The normalized spacial score (nSPS) is 10.4. The topological polar surface area (TPSA) is 75.6 Å². The number of benzene rings is 3. The summed E-state index contributed by atoms with van der Waals surface area (Å²) in [7, 11) is 0. The number of rotatable bonds is 6. The van der Waals surface area contributed by atoms with Crippen molar-refractivity contribution < 1.29 is 19.4 Å². The summed E-state index contributed by atoms with van der Waals surface area (Å²) in [6.45, 7) is 0. The van der Waals surface area contributed by atoms with Crippen LogP contribution in [-0.4, -0.2) is 17.0 Å². The Morgan fingerprint density at radius 3 is 2.21 bits per heavy atom. The summed E-state index contributed by atoms with van der Waals surface area (Å²) in [4.78, 5) is 23.1. The summed E-state index contributed by atoms with van der Waals surface area (Å²) in [6, 6.07) is 16.1. The predicted octanol–water partition coefficient (Wildman–Crippen LogP) is 6.32. The molecule has 2 N–H and O–H groups in total. The first kappa shape index (κ1) is 21.0. The first-order valence-corrected chi connectivity index (χ1v) is 9.50. The van der Waals surface area contributed by atoms with Gasteiger partial charge in [0.05, 0.1) is 21.5 Å². The first-order valence-electron chi connectivity index (χ1n) is 8.36. The van der Waals surface area contributed by atoms with Gasteiger partial charge in [0.1, 0.15) is 11.5 Å². The van der Waals surface area contributed by atoms with Gasteiger partial charge in [-0.3, -0.25) is 9.59 Å². The third-order valence-electron chi connectivity index (χ3n) is 3.87. The molecule has 3 rings (SSSR count). The highest BCUT2D eigenvalue weighted by Crippen LogP contribution is 2.31. The molecule has 0 spiro atoms. The van der Waals surface area contributed by atoms with Crippen LogP contribution < -0.4 is 10.1 Å². The number of aliphatic carboxylic acids is 1. The van der Waals surface area contributed by atoms with Crippen molar-refractivity contribution in [2.75, 3.05) is 5.32 Å². The molecule has 1 amide bonds. The molecule has 8 heteroatoms. The van der Waals surface area contributed by atoms with Crippen LogP contribution in [0.1, 0.15) is 15.9 Å². The second kappa shape index (κ2) is 9.18. The molecule has 148 valence electrons. The average molecular weight is 451 g/mol. The van der Waals surface area contributed by atoms with E-state index in [1.807, 2.05) is 0 Å². The van der Waals surface area contributed by atoms with Gasteiger partial charge in [0.25, 0.3) is 5.91 Å². The summed E-state index contributed by atoms with van der Waals surface area (Å²) in [6.07, 6.45) is -0.118. The van der Waals surface area contributed by atoms with Gasteiger partial charge in [-0.2, -0.15) is 0 Å². The van der Waals surface area contributed by atoms with Gasteiger partial charge in [-0.05, 0) is 60.2 Å². The van der Waals surface area contributed by atoms with Crippen molar-refractivity contribution >= 4 is 52.4 Å². The third-order valence-corrected chi connectivity index (χ3v) is 4.91. The van der Waals surface area contributed by atoms with Crippen LogP contribution in [-0.2, 0) is 11.2 Å². The second-order valence-corrected chi connectivity index (χ2v) is 7.27. The Morgan fingerprint density at radius 2 is 1.59 bits per heavy atom. The van der Waals surface area contributed by atoms with E-state index in [0.29, 0.717) is 43.4 Å². The van der Waals surface area contributed by atoms with E-state index in [4.69, 9.17) is 44.6 Å². The SMILES string of the molecule is O=C(O)Cc1ccc(Oc2ccc(NC(=O)c3ccc(Cl)c(Cl)c3)cc2)c(Cl)c1. The molecule has 3 aromatic carbocycles. The lowest BCUT2D eigenvalue weighted by Gasteiger charge is -2.10. The number of halogens is 3. The number of ether oxygens (including phenoxy) is 1. The number of anilines is 1. The Kier molecular flexibility index (Phi) is 6.64. The second-order valence-electron chi connectivity index (χ2n) is 6.04. The van der Waals surface area contributed by atoms with Gasteiger partial charge in [0.2, 0.25) is 0 Å². The van der Waals surface area contributed by atoms with E-state index in [9.17, 15) is 9.59 Å². The minimum Gasteiger partial charge on any atom is -0.481 e. The molecule has 5 nitrogen and oxygen atoms in total. The lowest BCUT2D eigenvalue weighted by atomic mass is 10.1. The number of hydrogen-bond acceptors (Lipinski definition) is 3. The average Bonchev–Trinajstić information content (AvgIpc) is 2.67. The number of hydrogen-bond donors (Lipinski definition) is 2. The van der Waals surface area contributed by atoms with Gasteiger partial charge in [-0.25, -0.2) is 0 Å². The molecule has 0 saturated carbocycles. The minimum absolute atomic E-state index is 0.118. The Hall–Kier alpha value is -2.73. The molecule has 0 bridgehead atoms. The molecular weight excluding hydrogens is 437 g/mol. The van der Waals surface area contributed by atoms with Gasteiger partial charge in [0.15, 0.2) is 0 Å². The Morgan fingerprint density at radius 1 is 0.862 bits per heavy atom. The van der Waals surface area contributed by atoms with Crippen molar-refractivity contribution in [2.45, 2.75) is 6.42 Å². The van der Waals surface area contributed by atoms with Gasteiger partial charge in [0, 0.05) is 11.3 Å². The molecule has 0 unspecified atom stereocenters. The predicted molar refractivity (Wildman–Crippen MR) is 114 cm³/mol. The van der Waals surface area contributed by atoms with E-state index in [0.717, 1.165) is 0 Å². The molecule has 0 aromatic heterocycles. The maximum absolute atomic E-state index is 12.3. The zero-order chi connectivity index (χ0) is 21.0. The number of carboxylic acids is 1. The number of nitrogens with one attached hydrogen (secondary N) is 1. The van der Waals surface area contributed by atoms with Crippen molar-refractivity contribution in [2.24, 2.45) is 0 Å². The smallest absolute Gasteiger partial charge is 0.307 e. The summed E-state index contributed by atoms with van der Waals surface area (Å²) >= 11 is 18.0. The molecular formula is C21H14Cl3NO4. The molecule has 0 aliphatic carbocycles. The van der Waals surface area contributed by atoms with E-state index in [1.165, 1.54) is 6.07 Å². The quantitative estimate of drug-likeness (QED) is 0.461. The minimum atomic E-state index is -0.937. The third kappa shape index (κ3) is 5.64. The highest BCUT2D eigenvalue weighted by atomic mass is 35.5. The molecule has 3 aromatic rings. The molecule has 0 fully saturated rings. The van der Waals surface area contributed by atoms with Crippen LogP contribution in [0.4, 0.5) is 5.69 Å². The van der Waals surface area contributed by atoms with E-state index >= 15 is 0 Å². The van der Waals surface area contributed by atoms with Gasteiger partial charge < -0.3 is 15.2 Å². The van der Waals surface area contributed by atoms with Crippen molar-refractivity contribution in [1.82, 2.24) is 0 Å². The number of amides is 1. The van der Waals surface area contributed by atoms with Gasteiger partial charge in [-0.1, -0.05) is 40.9 Å². The van der Waals surface area contributed by atoms with Crippen LogP contribution in [0.3, 0.4) is 0 Å². The fourth-order valence-corrected chi connectivity index (χ4v) is 3.03. The van der Waals surface area contributed by atoms with Gasteiger partial charge in [-0.15, -0.1) is 0 Å². The maximum atomic E-state index is 12.3. The first-order chi connectivity index (χ1) is 13.8. The van der Waals surface area contributed by atoms with Crippen LogP contribution in [0.2, 0.25) is 15.1 Å². The van der Waals surface area contributed by atoms with Crippen LogP contribution in [0.5, 0.6) is 11.5 Å². The Labute approximate surface area is 181 Å². The van der Waals surface area contributed by atoms with Crippen LogP contribution in [0.25, 0.3) is 0 Å². The fourth-order valence-electron chi connectivity index (χ4n) is 2.49. The largest absolute Gasteiger partial charge is 0.481 e. The zero-order valence-electron chi connectivity index (χ0n) is 14.8. The monoisotopic (exact) mass is 449 g/mol. The van der Waals surface area contributed by atoms with Crippen LogP contribution in [0, 0.1) is 0 Å². The molecule has 0 atom stereocenters. The Balaban J connectivity index is 1.66. The lowest BCUT2D eigenvalue weighted by Crippen LogP contribution is -2.11. The number of carbonyl (C=O) groups is 2. The fraction of sp³-hybridized carbons (Fsp3) is 0.0476. The van der Waals surface area contributed by atoms with E-state index in [2.05, 4.69) is 5.32 Å². The van der Waals surface area contributed by atoms with Crippen molar-refractivity contribution in [3.05, 3.63) is 86.9 Å². The summed E-state index contributed by atoms with van der Waals surface area (Å²) in [5.41, 5.74) is 1.53. The molecule has 0 heterocycles.